The number of hydrogen-bond acceptors (Lipinski definition) is 5. The minimum Gasteiger partial charge on any atom is -0.473 e. The van der Waals surface area contributed by atoms with Gasteiger partial charge in [-0.15, -0.1) is 0 Å². The number of hydrogen-bond donors (Lipinski definition) is 4. The van der Waals surface area contributed by atoms with Gasteiger partial charge in [-0.3, -0.25) is 4.79 Å². The fourth-order valence-electron chi connectivity index (χ4n) is 3.83. The number of carbonyl (C=O) groups excluding carboxylic acids is 1. The van der Waals surface area contributed by atoms with Gasteiger partial charge < -0.3 is 30.2 Å². The molecule has 3 aromatic rings. The Labute approximate surface area is 185 Å². The van der Waals surface area contributed by atoms with Crippen molar-refractivity contribution in [3.8, 4) is 0 Å². The van der Waals surface area contributed by atoms with Crippen LogP contribution in [-0.4, -0.2) is 58.4 Å². The Morgan fingerprint density at radius 3 is 2.44 bits per heavy atom. The zero-order valence-electron chi connectivity index (χ0n) is 17.8. The molecule has 4 N–H and O–H groups in total. The average Bonchev–Trinajstić information content (AvgIpc) is 3.40. The third-order valence-electron chi connectivity index (χ3n) is 5.24. The van der Waals surface area contributed by atoms with Crippen LogP contribution in [0.4, 0.5) is 5.69 Å². The van der Waals surface area contributed by atoms with Crippen molar-refractivity contribution in [1.29, 1.82) is 0 Å². The predicted octanol–water partition coefficient (Wildman–Crippen LogP) is 2.68. The highest BCUT2D eigenvalue weighted by atomic mass is 16.5. The van der Waals surface area contributed by atoms with E-state index < -0.39 is 11.9 Å². The molecule has 1 unspecified atom stereocenters. The number of rotatable bonds is 6. The minimum atomic E-state index is -1.82. The number of aromatic nitrogens is 1. The third-order valence-corrected chi connectivity index (χ3v) is 5.24. The number of nitrogens with one attached hydrogen (secondary N) is 2. The number of nitrogens with zero attached hydrogens (tertiary/aromatic N) is 1. The molecule has 1 aliphatic heterocycles. The first-order chi connectivity index (χ1) is 15.4. The van der Waals surface area contributed by atoms with E-state index in [1.165, 1.54) is 21.8 Å². The van der Waals surface area contributed by atoms with Gasteiger partial charge in [0.2, 0.25) is 5.91 Å². The molecule has 1 saturated heterocycles. The lowest BCUT2D eigenvalue weighted by Crippen LogP contribution is -2.33. The minimum absolute atomic E-state index is 0.0263. The van der Waals surface area contributed by atoms with Crippen LogP contribution in [0.3, 0.4) is 0 Å². The van der Waals surface area contributed by atoms with Gasteiger partial charge in [-0.2, -0.15) is 0 Å². The summed E-state index contributed by atoms with van der Waals surface area (Å²) >= 11 is 0. The number of fused-ring (bicyclic) bond motifs is 3. The molecule has 4 rings (SSSR count). The second-order valence-corrected chi connectivity index (χ2v) is 7.42. The standard InChI is InChI=1S/C21H25N3O2.C2H2O4/c1-2-24-19-8-4-3-7-17(19)18-12-15(9-10-20(18)24)23-21(25)14-22-13-16-6-5-11-26-16;3-1(4)2(5)6/h3-4,7-10,12,16,22H,2,5-6,11,13-14H2,1H3,(H,23,25);(H,3,4)(H,5,6). The highest BCUT2D eigenvalue weighted by molar-refractivity contribution is 6.27. The van der Waals surface area contributed by atoms with Crippen molar-refractivity contribution in [1.82, 2.24) is 9.88 Å². The van der Waals surface area contributed by atoms with Crippen LogP contribution < -0.4 is 10.6 Å². The van der Waals surface area contributed by atoms with Crippen molar-refractivity contribution in [3.05, 3.63) is 42.5 Å². The van der Waals surface area contributed by atoms with Crippen LogP contribution >= 0.6 is 0 Å². The number of anilines is 1. The van der Waals surface area contributed by atoms with E-state index in [2.05, 4.69) is 58.5 Å². The monoisotopic (exact) mass is 441 g/mol. The number of carboxylic acid groups (broad SMARTS) is 2. The first kappa shape index (κ1) is 23.2. The average molecular weight is 441 g/mol. The number of benzene rings is 2. The predicted molar refractivity (Wildman–Crippen MR) is 121 cm³/mol. The Morgan fingerprint density at radius 1 is 1.06 bits per heavy atom. The number of aryl methyl sites for hydroxylation is 1. The lowest BCUT2D eigenvalue weighted by Gasteiger charge is -2.11. The van der Waals surface area contributed by atoms with E-state index in [4.69, 9.17) is 24.5 Å². The van der Waals surface area contributed by atoms with E-state index in [0.29, 0.717) is 6.54 Å². The largest absolute Gasteiger partial charge is 0.473 e. The zero-order valence-corrected chi connectivity index (χ0v) is 17.8. The third kappa shape index (κ3) is 5.63. The summed E-state index contributed by atoms with van der Waals surface area (Å²) in [6, 6.07) is 14.5. The van der Waals surface area contributed by atoms with Crippen LogP contribution in [0, 0.1) is 0 Å². The molecule has 0 aliphatic carbocycles. The van der Waals surface area contributed by atoms with Gasteiger partial charge >= 0.3 is 11.9 Å². The maximum Gasteiger partial charge on any atom is 0.414 e. The molecule has 1 aliphatic rings. The van der Waals surface area contributed by atoms with Gasteiger partial charge in [-0.25, -0.2) is 9.59 Å². The summed E-state index contributed by atoms with van der Waals surface area (Å²) < 4.78 is 7.86. The molecule has 9 nitrogen and oxygen atoms in total. The highest BCUT2D eigenvalue weighted by Crippen LogP contribution is 2.30. The van der Waals surface area contributed by atoms with Crippen molar-refractivity contribution in [2.45, 2.75) is 32.4 Å². The molecule has 0 saturated carbocycles. The van der Waals surface area contributed by atoms with Crippen LogP contribution in [0.5, 0.6) is 0 Å². The molecule has 0 spiro atoms. The maximum absolute atomic E-state index is 12.2. The fraction of sp³-hybridized carbons (Fsp3) is 0.348. The topological polar surface area (TPSA) is 130 Å². The second-order valence-electron chi connectivity index (χ2n) is 7.42. The lowest BCUT2D eigenvalue weighted by atomic mass is 10.1. The summed E-state index contributed by atoms with van der Waals surface area (Å²) in [5, 5.41) is 23.4. The van der Waals surface area contributed by atoms with E-state index in [-0.39, 0.29) is 12.0 Å². The number of amides is 1. The number of carbonyl (C=O) groups is 3. The van der Waals surface area contributed by atoms with E-state index in [1.54, 1.807) is 0 Å². The molecule has 0 radical (unpaired) electrons. The molecule has 0 bridgehead atoms. The Bertz CT molecular complexity index is 1110. The normalized spacial score (nSPS) is 15.3. The summed E-state index contributed by atoms with van der Waals surface area (Å²) in [4.78, 5) is 30.4. The molecule has 1 amide bonds. The van der Waals surface area contributed by atoms with Crippen LogP contribution in [0.25, 0.3) is 21.8 Å². The summed E-state index contributed by atoms with van der Waals surface area (Å²) in [6.45, 7) is 4.94. The summed E-state index contributed by atoms with van der Waals surface area (Å²) in [6.07, 6.45) is 2.44. The van der Waals surface area contributed by atoms with Gasteiger partial charge in [0.1, 0.15) is 0 Å². The van der Waals surface area contributed by atoms with Crippen molar-refractivity contribution in [2.24, 2.45) is 0 Å². The molecule has 32 heavy (non-hydrogen) atoms. The molecular weight excluding hydrogens is 414 g/mol. The van der Waals surface area contributed by atoms with Crippen molar-refractivity contribution in [3.63, 3.8) is 0 Å². The van der Waals surface area contributed by atoms with Gasteiger partial charge in [-0.05, 0) is 44.0 Å². The van der Waals surface area contributed by atoms with Crippen molar-refractivity contribution < 1.29 is 29.3 Å². The van der Waals surface area contributed by atoms with Crippen LogP contribution in [0.2, 0.25) is 0 Å². The molecule has 1 aromatic heterocycles. The van der Waals surface area contributed by atoms with Crippen LogP contribution in [0.15, 0.2) is 42.5 Å². The van der Waals surface area contributed by atoms with Crippen molar-refractivity contribution in [2.75, 3.05) is 25.0 Å². The highest BCUT2D eigenvalue weighted by Gasteiger charge is 2.15. The summed E-state index contributed by atoms with van der Waals surface area (Å²) in [5.41, 5.74) is 3.26. The maximum atomic E-state index is 12.2. The Morgan fingerprint density at radius 2 is 1.78 bits per heavy atom. The second kappa shape index (κ2) is 10.7. The van der Waals surface area contributed by atoms with Crippen LogP contribution in [-0.2, 0) is 25.7 Å². The van der Waals surface area contributed by atoms with Gasteiger partial charge in [-0.1, -0.05) is 18.2 Å². The number of ether oxygens (including phenoxy) is 1. The summed E-state index contributed by atoms with van der Waals surface area (Å²) in [5.74, 6) is -3.67. The van der Waals surface area contributed by atoms with Gasteiger partial charge in [0.25, 0.3) is 0 Å². The SMILES string of the molecule is CCn1c2ccccc2c2cc(NC(=O)CNCC3CCCO3)ccc21.O=C(O)C(=O)O. The smallest absolute Gasteiger partial charge is 0.414 e. The molecule has 2 heterocycles. The Kier molecular flexibility index (Phi) is 7.80. The van der Waals surface area contributed by atoms with E-state index in [0.717, 1.165) is 38.2 Å². The number of aliphatic carboxylic acids is 2. The van der Waals surface area contributed by atoms with E-state index in [9.17, 15) is 4.79 Å². The molecule has 9 heteroatoms. The fourth-order valence-corrected chi connectivity index (χ4v) is 3.83. The molecule has 170 valence electrons. The molecule has 1 fully saturated rings. The van der Waals surface area contributed by atoms with Gasteiger partial charge in [0.15, 0.2) is 0 Å². The Balaban J connectivity index is 0.000000427. The first-order valence-electron chi connectivity index (χ1n) is 10.5. The summed E-state index contributed by atoms with van der Waals surface area (Å²) in [7, 11) is 0. The molecule has 1 atom stereocenters. The van der Waals surface area contributed by atoms with Crippen LogP contribution in [0.1, 0.15) is 19.8 Å². The number of para-hydroxylation sites is 1. The first-order valence-corrected chi connectivity index (χ1v) is 10.5. The van der Waals surface area contributed by atoms with Gasteiger partial charge in [0.05, 0.1) is 12.6 Å². The molecule has 2 aromatic carbocycles. The van der Waals surface area contributed by atoms with E-state index in [1.807, 2.05) is 6.07 Å². The number of carboxylic acids is 2. The van der Waals surface area contributed by atoms with Crippen molar-refractivity contribution >= 4 is 45.3 Å². The lowest BCUT2D eigenvalue weighted by molar-refractivity contribution is -0.159. The quantitative estimate of drug-likeness (QED) is 0.433. The van der Waals surface area contributed by atoms with E-state index >= 15 is 0 Å². The van der Waals surface area contributed by atoms with Gasteiger partial charge in [0, 0.05) is 47.2 Å². The zero-order chi connectivity index (χ0) is 23.1. The Hall–Kier alpha value is -3.43. The molecular formula is C23H27N3O6.